The first-order valence-electron chi connectivity index (χ1n) is 5.71. The summed E-state index contributed by atoms with van der Waals surface area (Å²) in [6.45, 7) is 0. The van der Waals surface area contributed by atoms with Gasteiger partial charge in [0.2, 0.25) is 5.91 Å². The van der Waals surface area contributed by atoms with Gasteiger partial charge in [-0.3, -0.25) is 4.79 Å². The van der Waals surface area contributed by atoms with Crippen molar-refractivity contribution >= 4 is 21.8 Å². The Labute approximate surface area is 98.1 Å². The molecule has 0 radical (unpaired) electrons. The van der Waals surface area contributed by atoms with Crippen LogP contribution in [0.25, 0.3) is 0 Å². The molecule has 4 bridgehead atoms. The van der Waals surface area contributed by atoms with Crippen molar-refractivity contribution in [3.05, 3.63) is 0 Å². The maximum atomic E-state index is 11.5. The first kappa shape index (κ1) is 10.1. The van der Waals surface area contributed by atoms with Gasteiger partial charge in [0.1, 0.15) is 0 Å². The number of nitrogens with one attached hydrogen (secondary N) is 1. The van der Waals surface area contributed by atoms with Gasteiger partial charge in [-0.1, -0.05) is 15.9 Å². The van der Waals surface area contributed by atoms with Gasteiger partial charge in [-0.15, -0.1) is 0 Å². The third-order valence-electron chi connectivity index (χ3n) is 4.02. The molecule has 2 saturated carbocycles. The predicted octanol–water partition coefficient (Wildman–Crippen LogP) is 1.60. The smallest absolute Gasteiger partial charge is 0.231 e. The van der Waals surface area contributed by atoms with Gasteiger partial charge in [-0.05, 0) is 38.0 Å². The second-order valence-corrected chi connectivity index (χ2v) is 5.85. The number of alkyl halides is 1. The summed E-state index contributed by atoms with van der Waals surface area (Å²) in [4.78, 5) is 11.5. The van der Waals surface area contributed by atoms with Crippen LogP contribution in [0.1, 0.15) is 32.1 Å². The number of amides is 1. The fraction of sp³-hybridized carbons (Fsp3) is 0.909. The van der Waals surface area contributed by atoms with Crippen molar-refractivity contribution in [2.75, 3.05) is 5.33 Å². The zero-order chi connectivity index (χ0) is 10.5. The summed E-state index contributed by atoms with van der Waals surface area (Å²) in [5, 5.41) is 3.62. The number of carbonyl (C=O) groups is 1. The molecule has 4 fully saturated rings. The van der Waals surface area contributed by atoms with Gasteiger partial charge in [-0.2, -0.15) is 0 Å². The highest BCUT2D eigenvalue weighted by molar-refractivity contribution is 9.09. The highest BCUT2D eigenvalue weighted by Gasteiger charge is 2.52. The quantitative estimate of drug-likeness (QED) is 0.777. The summed E-state index contributed by atoms with van der Waals surface area (Å²) in [5.74, 6) is 0.906. The highest BCUT2D eigenvalue weighted by Crippen LogP contribution is 2.49. The van der Waals surface area contributed by atoms with Crippen molar-refractivity contribution in [1.82, 2.24) is 5.32 Å². The zero-order valence-corrected chi connectivity index (χ0v) is 10.3. The third-order valence-corrected chi connectivity index (χ3v) is 4.53. The van der Waals surface area contributed by atoms with Crippen LogP contribution in [-0.2, 0) is 9.53 Å². The summed E-state index contributed by atoms with van der Waals surface area (Å²) in [7, 11) is 0. The molecule has 0 aromatic rings. The molecule has 4 heteroatoms. The fourth-order valence-corrected chi connectivity index (χ4v) is 3.95. The Bertz CT molecular complexity index is 257. The molecule has 0 aromatic heterocycles. The molecule has 0 spiro atoms. The minimum atomic E-state index is 0.0691. The van der Waals surface area contributed by atoms with E-state index in [9.17, 15) is 4.79 Å². The molecule has 15 heavy (non-hydrogen) atoms. The van der Waals surface area contributed by atoms with E-state index in [1.165, 1.54) is 19.3 Å². The lowest BCUT2D eigenvalue weighted by Crippen LogP contribution is -2.63. The Morgan fingerprint density at radius 3 is 2.53 bits per heavy atom. The Hall–Kier alpha value is -0.0900. The van der Waals surface area contributed by atoms with Crippen LogP contribution < -0.4 is 5.32 Å². The molecule has 1 N–H and O–H groups in total. The highest BCUT2D eigenvalue weighted by atomic mass is 79.9. The largest absolute Gasteiger partial charge is 0.375 e. The van der Waals surface area contributed by atoms with Crippen molar-refractivity contribution < 1.29 is 9.53 Å². The third kappa shape index (κ3) is 1.72. The van der Waals surface area contributed by atoms with Gasteiger partial charge in [0.25, 0.3) is 0 Å². The standard InChI is InChI=1S/C11H16BrNO2/c12-6-10(14)13-11-3-7-1-8(4-11)15-9(2-7)5-11/h7-9H,1-6H2,(H,13,14)/t7?,8-,9+,11?. The molecular formula is C11H16BrNO2. The minimum Gasteiger partial charge on any atom is -0.375 e. The molecule has 4 aliphatic rings. The number of carbonyl (C=O) groups excluding carboxylic acids is 1. The number of hydrogen-bond acceptors (Lipinski definition) is 2. The van der Waals surface area contributed by atoms with E-state index in [1.54, 1.807) is 0 Å². The lowest BCUT2D eigenvalue weighted by Gasteiger charge is -2.56. The average molecular weight is 274 g/mol. The number of rotatable bonds is 2. The van der Waals surface area contributed by atoms with Gasteiger partial charge in [0.05, 0.1) is 17.5 Å². The van der Waals surface area contributed by atoms with E-state index >= 15 is 0 Å². The van der Waals surface area contributed by atoms with Gasteiger partial charge in [0.15, 0.2) is 0 Å². The predicted molar refractivity (Wildman–Crippen MR) is 59.9 cm³/mol. The van der Waals surface area contributed by atoms with Crippen LogP contribution in [0.5, 0.6) is 0 Å². The first-order chi connectivity index (χ1) is 7.19. The average Bonchev–Trinajstić information content (AvgIpc) is 2.14. The van der Waals surface area contributed by atoms with E-state index < -0.39 is 0 Å². The molecule has 4 atom stereocenters. The van der Waals surface area contributed by atoms with E-state index in [0.29, 0.717) is 17.5 Å². The maximum Gasteiger partial charge on any atom is 0.231 e. The van der Waals surface area contributed by atoms with Crippen LogP contribution in [0, 0.1) is 5.92 Å². The fourth-order valence-electron chi connectivity index (χ4n) is 3.81. The second-order valence-electron chi connectivity index (χ2n) is 5.29. The van der Waals surface area contributed by atoms with E-state index in [4.69, 9.17) is 4.74 Å². The summed E-state index contributed by atoms with van der Waals surface area (Å²) in [6, 6.07) is 0. The topological polar surface area (TPSA) is 38.3 Å². The molecule has 84 valence electrons. The Balaban J connectivity index is 1.78. The van der Waals surface area contributed by atoms with Crippen LogP contribution in [-0.4, -0.2) is 29.0 Å². The first-order valence-corrected chi connectivity index (χ1v) is 6.84. The Kier molecular flexibility index (Phi) is 2.32. The SMILES string of the molecule is O=C(CBr)NC12CC3C[C@H](C1)O[C@@H](C3)C2. The van der Waals surface area contributed by atoms with E-state index in [0.717, 1.165) is 18.8 Å². The molecule has 2 unspecified atom stereocenters. The van der Waals surface area contributed by atoms with Gasteiger partial charge < -0.3 is 10.1 Å². The summed E-state index contributed by atoms with van der Waals surface area (Å²) >= 11 is 3.21. The number of hydrogen-bond donors (Lipinski definition) is 1. The van der Waals surface area contributed by atoms with E-state index in [2.05, 4.69) is 21.2 Å². The zero-order valence-electron chi connectivity index (χ0n) is 8.67. The summed E-state index contributed by atoms with van der Waals surface area (Å²) in [5.41, 5.74) is 0.0691. The lowest BCUT2D eigenvalue weighted by molar-refractivity contribution is -0.172. The van der Waals surface area contributed by atoms with Gasteiger partial charge in [-0.25, -0.2) is 0 Å². The monoisotopic (exact) mass is 273 g/mol. The molecular weight excluding hydrogens is 258 g/mol. The van der Waals surface area contributed by atoms with Crippen molar-refractivity contribution in [1.29, 1.82) is 0 Å². The molecule has 0 aromatic carbocycles. The minimum absolute atomic E-state index is 0.0691. The molecule has 2 heterocycles. The van der Waals surface area contributed by atoms with Crippen LogP contribution in [0.2, 0.25) is 0 Å². The maximum absolute atomic E-state index is 11.5. The lowest BCUT2D eigenvalue weighted by atomic mass is 9.63. The number of ether oxygens (including phenoxy) is 1. The van der Waals surface area contributed by atoms with Crippen molar-refractivity contribution in [3.63, 3.8) is 0 Å². The summed E-state index contributed by atoms with van der Waals surface area (Å²) in [6.07, 6.45) is 6.46. The van der Waals surface area contributed by atoms with E-state index in [-0.39, 0.29) is 11.4 Å². The molecule has 3 nitrogen and oxygen atoms in total. The van der Waals surface area contributed by atoms with E-state index in [1.807, 2.05) is 0 Å². The van der Waals surface area contributed by atoms with Crippen molar-refractivity contribution in [3.8, 4) is 0 Å². The molecule has 2 aliphatic heterocycles. The second kappa shape index (κ2) is 3.45. The van der Waals surface area contributed by atoms with Gasteiger partial charge >= 0.3 is 0 Å². The summed E-state index contributed by atoms with van der Waals surface area (Å²) < 4.78 is 5.90. The van der Waals surface area contributed by atoms with Crippen molar-refractivity contribution in [2.45, 2.75) is 49.9 Å². The van der Waals surface area contributed by atoms with Gasteiger partial charge in [0, 0.05) is 5.54 Å². The van der Waals surface area contributed by atoms with Crippen LogP contribution in [0.15, 0.2) is 0 Å². The van der Waals surface area contributed by atoms with Crippen molar-refractivity contribution in [2.24, 2.45) is 5.92 Å². The molecule has 2 saturated heterocycles. The Morgan fingerprint density at radius 2 is 2.00 bits per heavy atom. The molecule has 4 rings (SSSR count). The Morgan fingerprint density at radius 1 is 1.33 bits per heavy atom. The molecule has 1 amide bonds. The van der Waals surface area contributed by atoms with Crippen LogP contribution in [0.3, 0.4) is 0 Å². The van der Waals surface area contributed by atoms with Crippen LogP contribution in [0.4, 0.5) is 0 Å². The van der Waals surface area contributed by atoms with Crippen LogP contribution >= 0.6 is 15.9 Å². The molecule has 2 aliphatic carbocycles. The number of halogens is 1. The normalized spacial score (nSPS) is 46.9.